The fourth-order valence-corrected chi connectivity index (χ4v) is 3.07. The molecule has 0 aliphatic heterocycles. The second-order valence-electron chi connectivity index (χ2n) is 6.45. The average molecular weight is 462 g/mol. The first-order valence-corrected chi connectivity index (χ1v) is 10.4. The van der Waals surface area contributed by atoms with Gasteiger partial charge in [-0.25, -0.2) is 4.68 Å². The molecule has 2 aromatic carbocycles. The molecule has 0 radical (unpaired) electrons. The maximum Gasteiger partial charge on any atom is 0.266 e. The second kappa shape index (κ2) is 10.8. The Hall–Kier alpha value is -3.03. The van der Waals surface area contributed by atoms with Crippen LogP contribution in [-0.2, 0) is 11.3 Å². The van der Waals surface area contributed by atoms with Gasteiger partial charge >= 0.3 is 0 Å². The highest BCUT2D eigenvalue weighted by Crippen LogP contribution is 2.27. The highest BCUT2D eigenvalue weighted by atomic mass is 35.5. The summed E-state index contributed by atoms with van der Waals surface area (Å²) in [5.41, 5.74) is 1.24. The first kappa shape index (κ1) is 22.7. The summed E-state index contributed by atoms with van der Waals surface area (Å²) in [4.78, 5) is 24.1. The van der Waals surface area contributed by atoms with Crippen LogP contribution in [0, 0.1) is 0 Å². The number of nitrogens with one attached hydrogen (secondary N) is 1. The van der Waals surface area contributed by atoms with Crippen molar-refractivity contribution in [2.24, 2.45) is 0 Å². The quantitative estimate of drug-likeness (QED) is 0.523. The SMILES string of the molecule is CCOc1ccc(-c2ccc(=O)n(CCNC(=O)COc3cc(Cl)ccc3Cl)n2)cc1. The van der Waals surface area contributed by atoms with E-state index in [4.69, 9.17) is 32.7 Å². The molecule has 0 saturated heterocycles. The van der Waals surface area contributed by atoms with Crippen LogP contribution in [-0.4, -0.2) is 35.4 Å². The minimum atomic E-state index is -0.355. The van der Waals surface area contributed by atoms with E-state index < -0.39 is 0 Å². The predicted molar refractivity (Wildman–Crippen MR) is 120 cm³/mol. The summed E-state index contributed by atoms with van der Waals surface area (Å²) in [5.74, 6) is 0.737. The Balaban J connectivity index is 1.55. The fraction of sp³-hybridized carbons (Fsp3) is 0.227. The predicted octanol–water partition coefficient (Wildman–Crippen LogP) is 3.81. The van der Waals surface area contributed by atoms with E-state index in [2.05, 4.69) is 10.4 Å². The Bertz CT molecular complexity index is 1100. The van der Waals surface area contributed by atoms with Crippen LogP contribution < -0.4 is 20.3 Å². The Morgan fingerprint density at radius 3 is 2.58 bits per heavy atom. The zero-order valence-corrected chi connectivity index (χ0v) is 18.3. The van der Waals surface area contributed by atoms with Crippen molar-refractivity contribution < 1.29 is 14.3 Å². The van der Waals surface area contributed by atoms with E-state index in [1.54, 1.807) is 18.2 Å². The third kappa shape index (κ3) is 6.47. The lowest BCUT2D eigenvalue weighted by molar-refractivity contribution is -0.123. The number of nitrogens with zero attached hydrogens (tertiary/aromatic N) is 2. The van der Waals surface area contributed by atoms with Gasteiger partial charge in [0.25, 0.3) is 11.5 Å². The van der Waals surface area contributed by atoms with Crippen molar-refractivity contribution in [1.82, 2.24) is 15.1 Å². The van der Waals surface area contributed by atoms with E-state index in [0.29, 0.717) is 28.1 Å². The molecule has 0 aliphatic carbocycles. The van der Waals surface area contributed by atoms with Gasteiger partial charge in [-0.3, -0.25) is 9.59 Å². The molecule has 1 amide bonds. The molecular weight excluding hydrogens is 441 g/mol. The topological polar surface area (TPSA) is 82.5 Å². The molecule has 1 N–H and O–H groups in total. The smallest absolute Gasteiger partial charge is 0.266 e. The van der Waals surface area contributed by atoms with Gasteiger partial charge in [0.1, 0.15) is 11.5 Å². The minimum Gasteiger partial charge on any atom is -0.494 e. The summed E-state index contributed by atoms with van der Waals surface area (Å²) in [7, 11) is 0. The Morgan fingerprint density at radius 1 is 1.06 bits per heavy atom. The van der Waals surface area contributed by atoms with Gasteiger partial charge in [0.05, 0.1) is 23.9 Å². The molecule has 162 valence electrons. The number of amides is 1. The molecule has 7 nitrogen and oxygen atoms in total. The molecule has 0 aliphatic rings. The Labute approximate surface area is 189 Å². The molecule has 3 rings (SSSR count). The van der Waals surface area contributed by atoms with Gasteiger partial charge in [-0.2, -0.15) is 5.10 Å². The molecule has 0 spiro atoms. The van der Waals surface area contributed by atoms with Gasteiger partial charge in [-0.1, -0.05) is 23.2 Å². The van der Waals surface area contributed by atoms with E-state index in [9.17, 15) is 9.59 Å². The number of carbonyl (C=O) groups is 1. The van der Waals surface area contributed by atoms with E-state index in [1.165, 1.54) is 16.8 Å². The Morgan fingerprint density at radius 2 is 1.84 bits per heavy atom. The Kier molecular flexibility index (Phi) is 7.92. The number of hydrogen-bond acceptors (Lipinski definition) is 5. The lowest BCUT2D eigenvalue weighted by atomic mass is 10.1. The van der Waals surface area contributed by atoms with Gasteiger partial charge in [0, 0.05) is 29.3 Å². The van der Waals surface area contributed by atoms with Crippen LogP contribution in [0.25, 0.3) is 11.3 Å². The van der Waals surface area contributed by atoms with Gasteiger partial charge in [-0.15, -0.1) is 0 Å². The van der Waals surface area contributed by atoms with Gasteiger partial charge in [0.2, 0.25) is 0 Å². The van der Waals surface area contributed by atoms with E-state index in [0.717, 1.165) is 11.3 Å². The van der Waals surface area contributed by atoms with Gasteiger partial charge in [-0.05, 0) is 49.4 Å². The molecule has 0 unspecified atom stereocenters. The first-order valence-electron chi connectivity index (χ1n) is 9.62. The van der Waals surface area contributed by atoms with E-state index >= 15 is 0 Å². The van der Waals surface area contributed by atoms with Crippen molar-refractivity contribution >= 4 is 29.1 Å². The first-order chi connectivity index (χ1) is 15.0. The molecular formula is C22H21Cl2N3O4. The lowest BCUT2D eigenvalue weighted by Crippen LogP contribution is -2.34. The monoisotopic (exact) mass is 461 g/mol. The van der Waals surface area contributed by atoms with Crippen molar-refractivity contribution in [3.05, 3.63) is 75.0 Å². The van der Waals surface area contributed by atoms with Crippen LogP contribution in [0.1, 0.15) is 6.92 Å². The molecule has 1 aromatic heterocycles. The summed E-state index contributed by atoms with van der Waals surface area (Å²) in [6.07, 6.45) is 0. The highest BCUT2D eigenvalue weighted by molar-refractivity contribution is 6.34. The maximum atomic E-state index is 12.1. The summed E-state index contributed by atoms with van der Waals surface area (Å²) < 4.78 is 12.1. The molecule has 0 fully saturated rings. The van der Waals surface area contributed by atoms with Crippen LogP contribution in [0.15, 0.2) is 59.4 Å². The second-order valence-corrected chi connectivity index (χ2v) is 7.29. The van der Waals surface area contributed by atoms with Crippen LogP contribution >= 0.6 is 23.2 Å². The number of carbonyl (C=O) groups excluding carboxylic acids is 1. The van der Waals surface area contributed by atoms with Crippen LogP contribution in [0.5, 0.6) is 11.5 Å². The molecule has 3 aromatic rings. The summed E-state index contributed by atoms with van der Waals surface area (Å²) in [6.45, 7) is 2.71. The molecule has 31 heavy (non-hydrogen) atoms. The zero-order valence-electron chi connectivity index (χ0n) is 16.8. The number of halogens is 2. The molecule has 9 heteroatoms. The summed E-state index contributed by atoms with van der Waals surface area (Å²) in [6, 6.07) is 15.3. The van der Waals surface area contributed by atoms with Crippen LogP contribution in [0.2, 0.25) is 10.0 Å². The van der Waals surface area contributed by atoms with E-state index in [1.807, 2.05) is 31.2 Å². The van der Waals surface area contributed by atoms with Gasteiger partial charge in [0.15, 0.2) is 6.61 Å². The van der Waals surface area contributed by atoms with Crippen molar-refractivity contribution in [3.8, 4) is 22.8 Å². The number of benzene rings is 2. The molecule has 0 atom stereocenters. The summed E-state index contributed by atoms with van der Waals surface area (Å²) >= 11 is 11.9. The molecule has 0 saturated carbocycles. The lowest BCUT2D eigenvalue weighted by Gasteiger charge is -2.10. The normalized spacial score (nSPS) is 10.5. The van der Waals surface area contributed by atoms with Gasteiger partial charge < -0.3 is 14.8 Å². The summed E-state index contributed by atoms with van der Waals surface area (Å²) in [5, 5.41) is 7.88. The largest absolute Gasteiger partial charge is 0.494 e. The number of aromatic nitrogens is 2. The van der Waals surface area contributed by atoms with E-state index in [-0.39, 0.29) is 31.2 Å². The third-order valence-electron chi connectivity index (χ3n) is 4.23. The zero-order chi connectivity index (χ0) is 22.2. The van der Waals surface area contributed by atoms with Crippen molar-refractivity contribution in [2.75, 3.05) is 19.8 Å². The molecule has 0 bridgehead atoms. The number of hydrogen-bond donors (Lipinski definition) is 1. The number of rotatable bonds is 9. The fourth-order valence-electron chi connectivity index (χ4n) is 2.74. The highest BCUT2D eigenvalue weighted by Gasteiger charge is 2.08. The standard InChI is InChI=1S/C22H21Cl2N3O4/c1-2-30-17-6-3-15(4-7-17)19-9-10-22(29)27(26-19)12-11-25-21(28)14-31-20-13-16(23)5-8-18(20)24/h3-10,13H,2,11-12,14H2,1H3,(H,25,28). The van der Waals surface area contributed by atoms with Crippen molar-refractivity contribution in [1.29, 1.82) is 0 Å². The maximum absolute atomic E-state index is 12.1. The number of ether oxygens (including phenoxy) is 2. The molecule has 1 heterocycles. The van der Waals surface area contributed by atoms with Crippen LogP contribution in [0.4, 0.5) is 0 Å². The average Bonchev–Trinajstić information content (AvgIpc) is 2.76. The minimum absolute atomic E-state index is 0.213. The van der Waals surface area contributed by atoms with Crippen LogP contribution in [0.3, 0.4) is 0 Å². The van der Waals surface area contributed by atoms with Crippen molar-refractivity contribution in [3.63, 3.8) is 0 Å². The third-order valence-corrected chi connectivity index (χ3v) is 4.77. The van der Waals surface area contributed by atoms with Crippen molar-refractivity contribution in [2.45, 2.75) is 13.5 Å².